The fourth-order valence-corrected chi connectivity index (χ4v) is 1.11. The first-order valence-corrected chi connectivity index (χ1v) is 4.35. The number of hydrogen-bond donors (Lipinski definition) is 2. The van der Waals surface area contributed by atoms with E-state index in [1.807, 2.05) is 0 Å². The van der Waals surface area contributed by atoms with Gasteiger partial charge in [-0.15, -0.1) is 0 Å². The quantitative estimate of drug-likeness (QED) is 0.573. The summed E-state index contributed by atoms with van der Waals surface area (Å²) in [6.45, 7) is 4.53. The van der Waals surface area contributed by atoms with E-state index in [-0.39, 0.29) is 22.4 Å². The van der Waals surface area contributed by atoms with Crippen molar-refractivity contribution >= 4 is 11.8 Å². The van der Waals surface area contributed by atoms with Crippen molar-refractivity contribution in [3.63, 3.8) is 0 Å². The average Bonchev–Trinajstić information content (AvgIpc) is 2.00. The fourth-order valence-electron chi connectivity index (χ4n) is 0.542. The fraction of sp³-hybridized carbons (Fsp3) is 0.250. The summed E-state index contributed by atoms with van der Waals surface area (Å²) in [5, 5.41) is 8.76. The van der Waals surface area contributed by atoms with E-state index < -0.39 is 11.3 Å². The van der Waals surface area contributed by atoms with Gasteiger partial charge in [0, 0.05) is 4.91 Å². The van der Waals surface area contributed by atoms with Gasteiger partial charge in [-0.2, -0.15) is 13.2 Å². The first kappa shape index (κ1) is 13.0. The first-order valence-electron chi connectivity index (χ1n) is 3.53. The minimum atomic E-state index is -4.37. The van der Waals surface area contributed by atoms with Gasteiger partial charge in [0.25, 0.3) is 0 Å². The highest BCUT2D eigenvalue weighted by Crippen LogP contribution is 2.37. The van der Waals surface area contributed by atoms with Crippen LogP contribution in [0.25, 0.3) is 0 Å². The molecule has 14 heavy (non-hydrogen) atoms. The summed E-state index contributed by atoms with van der Waals surface area (Å²) in [5.74, 6) is -0.452. The molecular formula is C8H10F3NOS. The van der Waals surface area contributed by atoms with Gasteiger partial charge >= 0.3 is 5.51 Å². The molecule has 0 aliphatic carbocycles. The Morgan fingerprint density at radius 2 is 2.00 bits per heavy atom. The second-order valence-electron chi connectivity index (χ2n) is 2.29. The molecule has 0 saturated heterocycles. The molecule has 0 heterocycles. The zero-order valence-electron chi connectivity index (χ0n) is 7.43. The van der Waals surface area contributed by atoms with Crippen LogP contribution in [-0.4, -0.2) is 10.6 Å². The van der Waals surface area contributed by atoms with Crippen molar-refractivity contribution in [3.8, 4) is 0 Å². The van der Waals surface area contributed by atoms with E-state index in [0.717, 1.165) is 6.08 Å². The topological polar surface area (TPSA) is 46.2 Å². The number of halogens is 3. The third-order valence-corrected chi connectivity index (χ3v) is 1.97. The molecule has 80 valence electrons. The molecule has 0 atom stereocenters. The van der Waals surface area contributed by atoms with Crippen molar-refractivity contribution in [1.29, 1.82) is 0 Å². The number of allylic oxidation sites excluding steroid dienone is 2. The number of thioether (sulfide) groups is 1. The molecule has 0 aromatic carbocycles. The molecule has 0 radical (unpaired) electrons. The van der Waals surface area contributed by atoms with Crippen molar-refractivity contribution in [3.05, 3.63) is 35.1 Å². The molecule has 0 aliphatic rings. The molecule has 0 aliphatic heterocycles. The van der Waals surface area contributed by atoms with Crippen molar-refractivity contribution in [2.24, 2.45) is 5.73 Å². The van der Waals surface area contributed by atoms with Crippen molar-refractivity contribution < 1.29 is 18.3 Å². The molecular weight excluding hydrogens is 215 g/mol. The van der Waals surface area contributed by atoms with Crippen LogP contribution in [-0.2, 0) is 0 Å². The SMILES string of the molecule is C=C(O)/C(N)=C\C(=C/C)SC(F)(F)F. The molecule has 2 nitrogen and oxygen atoms in total. The number of nitrogens with two attached hydrogens (primary N) is 1. The van der Waals surface area contributed by atoms with E-state index in [4.69, 9.17) is 10.8 Å². The Morgan fingerprint density at radius 3 is 2.29 bits per heavy atom. The summed E-state index contributed by atoms with van der Waals surface area (Å²) in [6, 6.07) is 0. The van der Waals surface area contributed by atoms with Crippen LogP contribution in [0.15, 0.2) is 35.1 Å². The van der Waals surface area contributed by atoms with Crippen molar-refractivity contribution in [1.82, 2.24) is 0 Å². The highest BCUT2D eigenvalue weighted by molar-refractivity contribution is 8.04. The molecule has 0 saturated carbocycles. The summed E-state index contributed by atoms with van der Waals surface area (Å²) in [7, 11) is 0. The van der Waals surface area contributed by atoms with Gasteiger partial charge in [0.05, 0.1) is 5.70 Å². The summed E-state index contributed by atoms with van der Waals surface area (Å²) in [4.78, 5) is -0.0924. The Bertz CT molecular complexity index is 281. The van der Waals surface area contributed by atoms with Gasteiger partial charge in [-0.25, -0.2) is 0 Å². The zero-order chi connectivity index (χ0) is 11.4. The molecule has 0 amide bonds. The first-order chi connectivity index (χ1) is 6.26. The summed E-state index contributed by atoms with van der Waals surface area (Å²) >= 11 is -0.300. The van der Waals surface area contributed by atoms with Gasteiger partial charge in [-0.1, -0.05) is 12.7 Å². The molecule has 0 rings (SSSR count). The molecule has 0 fully saturated rings. The van der Waals surface area contributed by atoms with Gasteiger partial charge in [-0.3, -0.25) is 0 Å². The molecule has 6 heteroatoms. The number of aliphatic hydroxyl groups excluding tert-OH is 1. The Labute approximate surface area is 84.0 Å². The zero-order valence-corrected chi connectivity index (χ0v) is 8.25. The monoisotopic (exact) mass is 225 g/mol. The van der Waals surface area contributed by atoms with E-state index in [2.05, 4.69) is 6.58 Å². The van der Waals surface area contributed by atoms with Gasteiger partial charge in [0.15, 0.2) is 0 Å². The van der Waals surface area contributed by atoms with Crippen molar-refractivity contribution in [2.45, 2.75) is 12.4 Å². The van der Waals surface area contributed by atoms with Crippen LogP contribution in [0.3, 0.4) is 0 Å². The van der Waals surface area contributed by atoms with Crippen LogP contribution in [0.1, 0.15) is 6.92 Å². The molecule has 3 N–H and O–H groups in total. The lowest BCUT2D eigenvalue weighted by Gasteiger charge is -2.06. The third kappa shape index (κ3) is 5.58. The molecule has 0 aromatic rings. The van der Waals surface area contributed by atoms with Crippen LogP contribution in [0.2, 0.25) is 0 Å². The maximum Gasteiger partial charge on any atom is 0.446 e. The van der Waals surface area contributed by atoms with Crippen molar-refractivity contribution in [2.75, 3.05) is 0 Å². The second-order valence-corrected chi connectivity index (χ2v) is 3.42. The summed E-state index contributed by atoms with van der Waals surface area (Å²) < 4.78 is 35.7. The van der Waals surface area contributed by atoms with E-state index in [1.54, 1.807) is 0 Å². The molecule has 0 aromatic heterocycles. The largest absolute Gasteiger partial charge is 0.506 e. The summed E-state index contributed by atoms with van der Waals surface area (Å²) in [6.07, 6.45) is 2.26. The van der Waals surface area contributed by atoms with Crippen LogP contribution < -0.4 is 5.73 Å². The minimum absolute atomic E-state index is 0.0924. The molecule has 0 unspecified atom stereocenters. The molecule has 0 bridgehead atoms. The number of hydrogen-bond acceptors (Lipinski definition) is 3. The van der Waals surface area contributed by atoms with E-state index in [1.165, 1.54) is 13.0 Å². The predicted molar refractivity (Wildman–Crippen MR) is 51.4 cm³/mol. The lowest BCUT2D eigenvalue weighted by atomic mass is 10.3. The lowest BCUT2D eigenvalue weighted by molar-refractivity contribution is -0.0321. The van der Waals surface area contributed by atoms with E-state index >= 15 is 0 Å². The van der Waals surface area contributed by atoms with Crippen LogP contribution in [0.5, 0.6) is 0 Å². The third-order valence-electron chi connectivity index (χ3n) is 1.15. The van der Waals surface area contributed by atoms with Gasteiger partial charge in [0.1, 0.15) is 5.76 Å². The van der Waals surface area contributed by atoms with Gasteiger partial charge < -0.3 is 10.8 Å². The number of alkyl halides is 3. The van der Waals surface area contributed by atoms with Gasteiger partial charge in [0.2, 0.25) is 0 Å². The molecule has 0 spiro atoms. The Hall–Kier alpha value is -1.04. The Balaban J connectivity index is 4.63. The highest BCUT2D eigenvalue weighted by Gasteiger charge is 2.29. The number of rotatable bonds is 3. The Kier molecular flexibility index (Phi) is 4.62. The van der Waals surface area contributed by atoms with Crippen LogP contribution >= 0.6 is 11.8 Å². The van der Waals surface area contributed by atoms with Gasteiger partial charge in [-0.05, 0) is 24.8 Å². The highest BCUT2D eigenvalue weighted by atomic mass is 32.2. The van der Waals surface area contributed by atoms with E-state index in [0.29, 0.717) is 0 Å². The predicted octanol–water partition coefficient (Wildman–Crippen LogP) is 3.06. The average molecular weight is 225 g/mol. The van der Waals surface area contributed by atoms with Crippen LogP contribution in [0, 0.1) is 0 Å². The second kappa shape index (κ2) is 4.99. The lowest BCUT2D eigenvalue weighted by Crippen LogP contribution is -2.03. The smallest absolute Gasteiger partial charge is 0.446 e. The Morgan fingerprint density at radius 1 is 1.50 bits per heavy atom. The minimum Gasteiger partial charge on any atom is -0.506 e. The number of aliphatic hydroxyl groups is 1. The van der Waals surface area contributed by atoms with E-state index in [9.17, 15) is 13.2 Å². The maximum atomic E-state index is 11.9. The standard InChI is InChI=1S/C8H10F3NOS/c1-3-6(14-8(9,10)11)4-7(12)5(2)13/h3-4,13H,2,12H2,1H3/b6-3+,7-4+. The normalized spacial score (nSPS) is 14.3. The maximum absolute atomic E-state index is 11.9. The summed E-state index contributed by atoms with van der Waals surface area (Å²) in [5.41, 5.74) is 0.651. The van der Waals surface area contributed by atoms with Crippen LogP contribution in [0.4, 0.5) is 13.2 Å².